The fraction of sp³-hybridized carbons (Fsp3) is 0.312. The number of ether oxygens (including phenoxy) is 1. The highest BCUT2D eigenvalue weighted by atomic mass is 35.5. The molecule has 20 heavy (non-hydrogen) atoms. The number of aromatic nitrogens is 1. The first-order chi connectivity index (χ1) is 9.60. The molecular weight excluding hydrogens is 272 g/mol. The van der Waals surface area contributed by atoms with Crippen LogP contribution in [0.2, 0.25) is 5.02 Å². The van der Waals surface area contributed by atoms with E-state index in [0.717, 1.165) is 16.9 Å². The molecule has 0 radical (unpaired) electrons. The molecule has 2 rings (SSSR count). The zero-order chi connectivity index (χ0) is 14.5. The number of aryl methyl sites for hydroxylation is 1. The molecule has 2 unspecified atom stereocenters. The summed E-state index contributed by atoms with van der Waals surface area (Å²) in [6, 6.07) is 9.63. The van der Waals surface area contributed by atoms with Crippen molar-refractivity contribution in [1.82, 2.24) is 10.3 Å². The fourth-order valence-corrected chi connectivity index (χ4v) is 2.42. The Morgan fingerprint density at radius 1 is 1.25 bits per heavy atom. The summed E-state index contributed by atoms with van der Waals surface area (Å²) in [7, 11) is 1.92. The van der Waals surface area contributed by atoms with Crippen LogP contribution in [0.4, 0.5) is 0 Å². The van der Waals surface area contributed by atoms with Gasteiger partial charge >= 0.3 is 0 Å². The number of halogens is 1. The van der Waals surface area contributed by atoms with E-state index in [1.807, 2.05) is 57.6 Å². The average Bonchev–Trinajstić information content (AvgIpc) is 2.39. The van der Waals surface area contributed by atoms with E-state index in [1.54, 1.807) is 0 Å². The van der Waals surface area contributed by atoms with Crippen LogP contribution in [0.15, 0.2) is 42.7 Å². The van der Waals surface area contributed by atoms with Crippen molar-refractivity contribution < 1.29 is 4.74 Å². The van der Waals surface area contributed by atoms with Crippen molar-refractivity contribution in [2.45, 2.75) is 26.0 Å². The molecule has 0 aliphatic carbocycles. The van der Waals surface area contributed by atoms with E-state index in [9.17, 15) is 0 Å². The van der Waals surface area contributed by atoms with E-state index in [0.29, 0.717) is 5.02 Å². The molecule has 0 aliphatic heterocycles. The summed E-state index contributed by atoms with van der Waals surface area (Å²) < 4.78 is 5.97. The summed E-state index contributed by atoms with van der Waals surface area (Å²) >= 11 is 5.97. The molecule has 1 aromatic heterocycles. The molecule has 4 heteroatoms. The SMILES string of the molecule is CNC(c1cncc(C)c1)C(C)Oc1cccc(Cl)c1. The third-order valence-corrected chi connectivity index (χ3v) is 3.39. The fourth-order valence-electron chi connectivity index (χ4n) is 2.24. The molecule has 106 valence electrons. The average molecular weight is 291 g/mol. The van der Waals surface area contributed by atoms with Crippen LogP contribution in [0.3, 0.4) is 0 Å². The van der Waals surface area contributed by atoms with Gasteiger partial charge in [-0.05, 0) is 50.2 Å². The highest BCUT2D eigenvalue weighted by Gasteiger charge is 2.19. The van der Waals surface area contributed by atoms with Crippen LogP contribution in [0.5, 0.6) is 5.75 Å². The smallest absolute Gasteiger partial charge is 0.121 e. The predicted molar refractivity (Wildman–Crippen MR) is 82.3 cm³/mol. The standard InChI is InChI=1S/C16H19ClN2O/c1-11-7-13(10-19-9-11)16(18-3)12(2)20-15-6-4-5-14(17)8-15/h4-10,12,16,18H,1-3H3. The maximum atomic E-state index is 5.97. The molecule has 2 atom stereocenters. The van der Waals surface area contributed by atoms with Gasteiger partial charge in [0, 0.05) is 17.4 Å². The topological polar surface area (TPSA) is 34.2 Å². The van der Waals surface area contributed by atoms with Crippen molar-refractivity contribution in [1.29, 1.82) is 0 Å². The summed E-state index contributed by atoms with van der Waals surface area (Å²) in [5.74, 6) is 0.769. The van der Waals surface area contributed by atoms with Crippen molar-refractivity contribution in [3.8, 4) is 5.75 Å². The van der Waals surface area contributed by atoms with Crippen molar-refractivity contribution >= 4 is 11.6 Å². The molecule has 1 N–H and O–H groups in total. The molecule has 0 bridgehead atoms. The Morgan fingerprint density at radius 3 is 2.70 bits per heavy atom. The van der Waals surface area contributed by atoms with Gasteiger partial charge in [-0.15, -0.1) is 0 Å². The summed E-state index contributed by atoms with van der Waals surface area (Å²) in [5.41, 5.74) is 2.25. The second kappa shape index (κ2) is 6.73. The number of hydrogen-bond acceptors (Lipinski definition) is 3. The highest BCUT2D eigenvalue weighted by Crippen LogP contribution is 2.23. The lowest BCUT2D eigenvalue weighted by Gasteiger charge is -2.25. The van der Waals surface area contributed by atoms with Crippen LogP contribution in [0.1, 0.15) is 24.1 Å². The minimum absolute atomic E-state index is 0.0398. The molecule has 1 aromatic carbocycles. The monoisotopic (exact) mass is 290 g/mol. The van der Waals surface area contributed by atoms with Crippen LogP contribution in [0, 0.1) is 6.92 Å². The van der Waals surface area contributed by atoms with Gasteiger partial charge in [-0.25, -0.2) is 0 Å². The van der Waals surface area contributed by atoms with E-state index in [-0.39, 0.29) is 12.1 Å². The Bertz CT molecular complexity index is 574. The zero-order valence-electron chi connectivity index (χ0n) is 11.9. The Labute approximate surface area is 124 Å². The van der Waals surface area contributed by atoms with Crippen molar-refractivity contribution in [3.05, 3.63) is 58.9 Å². The number of rotatable bonds is 5. The summed E-state index contributed by atoms with van der Waals surface area (Å²) in [6.45, 7) is 4.07. The molecule has 0 spiro atoms. The lowest BCUT2D eigenvalue weighted by atomic mass is 10.0. The lowest BCUT2D eigenvalue weighted by molar-refractivity contribution is 0.175. The number of hydrogen-bond donors (Lipinski definition) is 1. The Kier molecular flexibility index (Phi) is 4.99. The van der Waals surface area contributed by atoms with E-state index in [2.05, 4.69) is 16.4 Å². The maximum Gasteiger partial charge on any atom is 0.121 e. The molecule has 0 fully saturated rings. The molecule has 3 nitrogen and oxygen atoms in total. The van der Waals surface area contributed by atoms with Gasteiger partial charge in [0.1, 0.15) is 11.9 Å². The van der Waals surface area contributed by atoms with Gasteiger partial charge < -0.3 is 10.1 Å². The van der Waals surface area contributed by atoms with Crippen LogP contribution < -0.4 is 10.1 Å². The Morgan fingerprint density at radius 2 is 2.05 bits per heavy atom. The van der Waals surface area contributed by atoms with E-state index in [1.165, 1.54) is 0 Å². The quantitative estimate of drug-likeness (QED) is 0.910. The normalized spacial score (nSPS) is 13.8. The van der Waals surface area contributed by atoms with Gasteiger partial charge in [-0.3, -0.25) is 4.98 Å². The number of likely N-dealkylation sites (N-methyl/N-ethyl adjacent to an activating group) is 1. The third-order valence-electron chi connectivity index (χ3n) is 3.15. The van der Waals surface area contributed by atoms with Gasteiger partial charge in [-0.2, -0.15) is 0 Å². The number of nitrogens with one attached hydrogen (secondary N) is 1. The van der Waals surface area contributed by atoms with Crippen molar-refractivity contribution in [3.63, 3.8) is 0 Å². The minimum atomic E-state index is -0.0398. The van der Waals surface area contributed by atoms with Gasteiger partial charge in [-0.1, -0.05) is 23.7 Å². The summed E-state index contributed by atoms with van der Waals surface area (Å²) in [6.07, 6.45) is 3.67. The molecule has 2 aromatic rings. The Hall–Kier alpha value is -1.58. The first-order valence-electron chi connectivity index (χ1n) is 6.61. The van der Waals surface area contributed by atoms with Crippen LogP contribution in [0.25, 0.3) is 0 Å². The maximum absolute atomic E-state index is 5.97. The van der Waals surface area contributed by atoms with Crippen LogP contribution >= 0.6 is 11.6 Å². The lowest BCUT2D eigenvalue weighted by Crippen LogP contribution is -2.31. The predicted octanol–water partition coefficient (Wildman–Crippen LogP) is 3.77. The second-order valence-corrected chi connectivity index (χ2v) is 5.28. The van der Waals surface area contributed by atoms with Crippen molar-refractivity contribution in [2.24, 2.45) is 0 Å². The van der Waals surface area contributed by atoms with E-state index >= 15 is 0 Å². The number of nitrogens with zero attached hydrogens (tertiary/aromatic N) is 1. The highest BCUT2D eigenvalue weighted by molar-refractivity contribution is 6.30. The molecular formula is C16H19ClN2O. The molecule has 1 heterocycles. The van der Waals surface area contributed by atoms with Gasteiger partial charge in [0.25, 0.3) is 0 Å². The van der Waals surface area contributed by atoms with Gasteiger partial charge in [0.15, 0.2) is 0 Å². The summed E-state index contributed by atoms with van der Waals surface area (Å²) in [5, 5.41) is 3.96. The van der Waals surface area contributed by atoms with Crippen LogP contribution in [-0.4, -0.2) is 18.1 Å². The first-order valence-corrected chi connectivity index (χ1v) is 6.99. The van der Waals surface area contributed by atoms with E-state index in [4.69, 9.17) is 16.3 Å². The number of pyridine rings is 1. The van der Waals surface area contributed by atoms with Gasteiger partial charge in [0.05, 0.1) is 6.04 Å². The van der Waals surface area contributed by atoms with Crippen LogP contribution in [-0.2, 0) is 0 Å². The van der Waals surface area contributed by atoms with Gasteiger partial charge in [0.2, 0.25) is 0 Å². The zero-order valence-corrected chi connectivity index (χ0v) is 12.7. The van der Waals surface area contributed by atoms with Crippen molar-refractivity contribution in [2.75, 3.05) is 7.05 Å². The first kappa shape index (κ1) is 14.8. The summed E-state index contributed by atoms with van der Waals surface area (Å²) in [4.78, 5) is 4.24. The largest absolute Gasteiger partial charge is 0.489 e. The molecule has 0 saturated carbocycles. The second-order valence-electron chi connectivity index (χ2n) is 4.84. The third kappa shape index (κ3) is 3.71. The Balaban J connectivity index is 2.15. The van der Waals surface area contributed by atoms with E-state index < -0.39 is 0 Å². The number of benzene rings is 1. The molecule has 0 amide bonds. The molecule has 0 aliphatic rings. The molecule has 0 saturated heterocycles. The minimum Gasteiger partial charge on any atom is -0.489 e.